The lowest BCUT2D eigenvalue weighted by molar-refractivity contribution is 0.399. The van der Waals surface area contributed by atoms with Crippen molar-refractivity contribution in [3.63, 3.8) is 0 Å². The Morgan fingerprint density at radius 1 is 1.28 bits per heavy atom. The Labute approximate surface area is 104 Å². The molecule has 3 aromatic rings. The van der Waals surface area contributed by atoms with Gasteiger partial charge in [0.2, 0.25) is 5.88 Å². The first-order valence-corrected chi connectivity index (χ1v) is 5.59. The van der Waals surface area contributed by atoms with Gasteiger partial charge in [0.05, 0.1) is 18.2 Å². The third-order valence-electron chi connectivity index (χ3n) is 2.69. The van der Waals surface area contributed by atoms with E-state index in [1.165, 1.54) is 0 Å². The molecule has 18 heavy (non-hydrogen) atoms. The zero-order chi connectivity index (χ0) is 12.5. The van der Waals surface area contributed by atoms with Crippen molar-refractivity contribution >= 4 is 11.2 Å². The summed E-state index contributed by atoms with van der Waals surface area (Å²) in [6, 6.07) is 5.78. The topological polar surface area (TPSA) is 63.7 Å². The second-order valence-electron chi connectivity index (χ2n) is 4.03. The van der Waals surface area contributed by atoms with Gasteiger partial charge in [-0.05, 0) is 30.7 Å². The summed E-state index contributed by atoms with van der Waals surface area (Å²) >= 11 is 0. The van der Waals surface area contributed by atoms with Crippen molar-refractivity contribution in [2.75, 3.05) is 7.11 Å². The number of imidazole rings is 1. The maximum absolute atomic E-state index is 5.23. The lowest BCUT2D eigenvalue weighted by Gasteiger charge is -2.02. The van der Waals surface area contributed by atoms with Crippen molar-refractivity contribution in [3.05, 3.63) is 36.2 Å². The summed E-state index contributed by atoms with van der Waals surface area (Å²) in [5.41, 5.74) is 3.53. The molecular weight excluding hydrogens is 228 g/mol. The predicted octanol–water partition coefficient (Wildman–Crippen LogP) is 2.34. The monoisotopic (exact) mass is 240 g/mol. The van der Waals surface area contributed by atoms with E-state index in [1.807, 2.05) is 25.1 Å². The van der Waals surface area contributed by atoms with Crippen LogP contribution in [0.4, 0.5) is 0 Å². The summed E-state index contributed by atoms with van der Waals surface area (Å²) in [6.07, 6.45) is 3.49. The Hall–Kier alpha value is -2.43. The fourth-order valence-corrected chi connectivity index (χ4v) is 1.87. The summed E-state index contributed by atoms with van der Waals surface area (Å²) in [6.45, 7) is 2.00. The van der Waals surface area contributed by atoms with E-state index in [9.17, 15) is 0 Å². The minimum Gasteiger partial charge on any atom is -0.480 e. The molecule has 0 unspecified atom stereocenters. The van der Waals surface area contributed by atoms with Gasteiger partial charge in [-0.3, -0.25) is 0 Å². The molecule has 0 aromatic carbocycles. The van der Waals surface area contributed by atoms with Gasteiger partial charge in [-0.1, -0.05) is 0 Å². The molecule has 0 saturated heterocycles. The van der Waals surface area contributed by atoms with Crippen LogP contribution in [0.5, 0.6) is 5.88 Å². The second kappa shape index (κ2) is 4.10. The van der Waals surface area contributed by atoms with Crippen LogP contribution in [-0.4, -0.2) is 27.0 Å². The minimum absolute atomic E-state index is 0.549. The lowest BCUT2D eigenvalue weighted by atomic mass is 10.2. The predicted molar refractivity (Wildman–Crippen MR) is 68.4 cm³/mol. The highest BCUT2D eigenvalue weighted by Crippen LogP contribution is 2.26. The molecule has 0 spiro atoms. The van der Waals surface area contributed by atoms with E-state index in [0.717, 1.165) is 16.6 Å². The number of nitrogens with one attached hydrogen (secondary N) is 1. The quantitative estimate of drug-likeness (QED) is 0.746. The van der Waals surface area contributed by atoms with Crippen LogP contribution in [-0.2, 0) is 0 Å². The van der Waals surface area contributed by atoms with E-state index >= 15 is 0 Å². The van der Waals surface area contributed by atoms with Crippen LogP contribution in [0.1, 0.15) is 5.56 Å². The number of methoxy groups -OCH3 is 1. The van der Waals surface area contributed by atoms with Gasteiger partial charge in [-0.15, -0.1) is 0 Å². The van der Waals surface area contributed by atoms with Gasteiger partial charge in [-0.25, -0.2) is 15.0 Å². The summed E-state index contributed by atoms with van der Waals surface area (Å²) < 4.78 is 5.23. The molecule has 3 aromatic heterocycles. The van der Waals surface area contributed by atoms with Crippen LogP contribution >= 0.6 is 0 Å². The Balaban J connectivity index is 2.19. The molecule has 0 saturated carbocycles. The average Bonchev–Trinajstić information content (AvgIpc) is 2.81. The van der Waals surface area contributed by atoms with Gasteiger partial charge in [0, 0.05) is 12.4 Å². The first-order valence-electron chi connectivity index (χ1n) is 5.59. The molecule has 5 nitrogen and oxygen atoms in total. The molecule has 0 fully saturated rings. The molecule has 1 N–H and O–H groups in total. The van der Waals surface area contributed by atoms with Crippen LogP contribution in [0.15, 0.2) is 30.6 Å². The normalized spacial score (nSPS) is 10.8. The number of aromatic amines is 1. The molecule has 0 atom stereocenters. The van der Waals surface area contributed by atoms with Crippen molar-refractivity contribution < 1.29 is 4.74 Å². The van der Waals surface area contributed by atoms with Crippen molar-refractivity contribution in [1.29, 1.82) is 0 Å². The average molecular weight is 240 g/mol. The number of aromatic nitrogens is 4. The first kappa shape index (κ1) is 10.7. The molecule has 0 aliphatic rings. The van der Waals surface area contributed by atoms with Crippen molar-refractivity contribution in [2.24, 2.45) is 0 Å². The number of hydrogen-bond donors (Lipinski definition) is 1. The largest absolute Gasteiger partial charge is 0.480 e. The lowest BCUT2D eigenvalue weighted by Crippen LogP contribution is -1.91. The maximum atomic E-state index is 5.23. The van der Waals surface area contributed by atoms with Gasteiger partial charge in [0.15, 0.2) is 5.65 Å². The van der Waals surface area contributed by atoms with Crippen LogP contribution < -0.4 is 4.74 Å². The SMILES string of the molecule is COc1ncccc1-c1nc2ncc(C)cc2[nH]1. The molecule has 0 amide bonds. The number of nitrogens with zero attached hydrogens (tertiary/aromatic N) is 3. The summed E-state index contributed by atoms with van der Waals surface area (Å²) in [4.78, 5) is 16.1. The van der Waals surface area contributed by atoms with Crippen molar-refractivity contribution in [2.45, 2.75) is 6.92 Å². The van der Waals surface area contributed by atoms with E-state index < -0.39 is 0 Å². The third kappa shape index (κ3) is 1.69. The van der Waals surface area contributed by atoms with E-state index in [-0.39, 0.29) is 0 Å². The Kier molecular flexibility index (Phi) is 2.44. The molecule has 5 heteroatoms. The summed E-state index contributed by atoms with van der Waals surface area (Å²) in [7, 11) is 1.59. The van der Waals surface area contributed by atoms with Gasteiger partial charge in [0.25, 0.3) is 0 Å². The maximum Gasteiger partial charge on any atom is 0.224 e. The smallest absolute Gasteiger partial charge is 0.224 e. The molecule has 3 heterocycles. The van der Waals surface area contributed by atoms with E-state index in [4.69, 9.17) is 4.74 Å². The van der Waals surface area contributed by atoms with Gasteiger partial charge in [-0.2, -0.15) is 0 Å². The van der Waals surface area contributed by atoms with Gasteiger partial charge < -0.3 is 9.72 Å². The molecule has 0 bridgehead atoms. The Morgan fingerprint density at radius 3 is 3.00 bits per heavy atom. The fourth-order valence-electron chi connectivity index (χ4n) is 1.87. The summed E-state index contributed by atoms with van der Waals surface area (Å²) in [5.74, 6) is 1.27. The molecule has 90 valence electrons. The van der Waals surface area contributed by atoms with Crippen LogP contribution in [0.25, 0.3) is 22.6 Å². The number of rotatable bonds is 2. The number of fused-ring (bicyclic) bond motifs is 1. The first-order chi connectivity index (χ1) is 8.78. The zero-order valence-corrected chi connectivity index (χ0v) is 10.1. The highest BCUT2D eigenvalue weighted by atomic mass is 16.5. The zero-order valence-electron chi connectivity index (χ0n) is 10.1. The number of ether oxygens (including phenoxy) is 1. The van der Waals surface area contributed by atoms with Crippen LogP contribution in [0.2, 0.25) is 0 Å². The molecular formula is C13H12N4O. The van der Waals surface area contributed by atoms with Crippen molar-refractivity contribution in [3.8, 4) is 17.3 Å². The Bertz CT molecular complexity index is 705. The Morgan fingerprint density at radius 2 is 2.17 bits per heavy atom. The molecule has 3 rings (SSSR count). The summed E-state index contributed by atoms with van der Waals surface area (Å²) in [5, 5.41) is 0. The molecule has 0 radical (unpaired) electrons. The third-order valence-corrected chi connectivity index (χ3v) is 2.69. The highest BCUT2D eigenvalue weighted by Gasteiger charge is 2.11. The molecule has 0 aliphatic carbocycles. The van der Waals surface area contributed by atoms with Crippen LogP contribution in [0, 0.1) is 6.92 Å². The van der Waals surface area contributed by atoms with E-state index in [1.54, 1.807) is 19.5 Å². The van der Waals surface area contributed by atoms with Crippen LogP contribution in [0.3, 0.4) is 0 Å². The van der Waals surface area contributed by atoms with E-state index in [2.05, 4.69) is 19.9 Å². The standard InChI is InChI=1S/C13H12N4O/c1-8-6-10-12(15-7-8)17-11(16-10)9-4-3-5-14-13(9)18-2/h3-7H,1-2H3,(H,15,16,17). The fraction of sp³-hybridized carbons (Fsp3) is 0.154. The second-order valence-corrected chi connectivity index (χ2v) is 4.03. The minimum atomic E-state index is 0.549. The van der Waals surface area contributed by atoms with E-state index in [0.29, 0.717) is 17.4 Å². The highest BCUT2D eigenvalue weighted by molar-refractivity contribution is 5.77. The number of hydrogen-bond acceptors (Lipinski definition) is 4. The van der Waals surface area contributed by atoms with Gasteiger partial charge in [0.1, 0.15) is 5.82 Å². The van der Waals surface area contributed by atoms with Gasteiger partial charge >= 0.3 is 0 Å². The number of aryl methyl sites for hydroxylation is 1. The number of pyridine rings is 2. The van der Waals surface area contributed by atoms with Crippen molar-refractivity contribution in [1.82, 2.24) is 19.9 Å². The number of H-pyrrole nitrogens is 1. The molecule has 0 aliphatic heterocycles.